The van der Waals surface area contributed by atoms with Crippen molar-refractivity contribution in [1.82, 2.24) is 10.3 Å². The van der Waals surface area contributed by atoms with Gasteiger partial charge in [-0.2, -0.15) is 31.4 Å². The van der Waals surface area contributed by atoms with Crippen molar-refractivity contribution in [1.29, 1.82) is 0 Å². The lowest BCUT2D eigenvalue weighted by atomic mass is 9.97. The molecule has 0 radical (unpaired) electrons. The number of alkyl halides is 6. The summed E-state index contributed by atoms with van der Waals surface area (Å²) in [6.07, 6.45) is -10.3. The van der Waals surface area contributed by atoms with E-state index in [0.717, 1.165) is 24.2 Å². The first-order chi connectivity index (χ1) is 16.7. The maximum Gasteiger partial charge on any atom is 0.432 e. The predicted molar refractivity (Wildman–Crippen MR) is 113 cm³/mol. The number of carbonyl (C=O) groups excluding carboxylic acids is 1. The van der Waals surface area contributed by atoms with Crippen LogP contribution in [0.4, 0.5) is 26.3 Å². The fourth-order valence-corrected chi connectivity index (χ4v) is 3.99. The summed E-state index contributed by atoms with van der Waals surface area (Å²) in [5.41, 5.74) is -2.82. The van der Waals surface area contributed by atoms with Gasteiger partial charge in [0.05, 0.1) is 16.7 Å². The van der Waals surface area contributed by atoms with Gasteiger partial charge in [0, 0.05) is 7.05 Å². The van der Waals surface area contributed by atoms with E-state index in [9.17, 15) is 35.9 Å². The highest BCUT2D eigenvalue weighted by molar-refractivity contribution is 6.08. The lowest BCUT2D eigenvalue weighted by Gasteiger charge is -2.28. The van der Waals surface area contributed by atoms with Crippen LogP contribution in [0.15, 0.2) is 53.6 Å². The highest BCUT2D eigenvalue weighted by atomic mass is 19.4. The second kappa shape index (κ2) is 8.71. The summed E-state index contributed by atoms with van der Waals surface area (Å²) in [5, 5.41) is 15.9. The van der Waals surface area contributed by atoms with Gasteiger partial charge in [0.2, 0.25) is 12.1 Å². The predicted octanol–water partition coefficient (Wildman–Crippen LogP) is 4.39. The smallest absolute Gasteiger partial charge is 0.432 e. The number of carbonyl (C=O) groups is 2. The van der Waals surface area contributed by atoms with Gasteiger partial charge < -0.3 is 15.2 Å². The highest BCUT2D eigenvalue weighted by Crippen LogP contribution is 2.46. The van der Waals surface area contributed by atoms with Crippen molar-refractivity contribution in [3.63, 3.8) is 0 Å². The van der Waals surface area contributed by atoms with Gasteiger partial charge in [0.25, 0.3) is 0 Å². The molecule has 7 nitrogen and oxygen atoms in total. The third-order valence-electron chi connectivity index (χ3n) is 6.02. The fraction of sp³-hybridized carbons (Fsp3) is 0.348. The Bertz CT molecular complexity index is 1190. The van der Waals surface area contributed by atoms with Crippen molar-refractivity contribution in [3.05, 3.63) is 65.2 Å². The zero-order chi connectivity index (χ0) is 26.5. The minimum Gasteiger partial charge on any atom is -0.478 e. The number of rotatable bonds is 6. The molecule has 192 valence electrons. The van der Waals surface area contributed by atoms with Crippen molar-refractivity contribution in [2.24, 2.45) is 11.0 Å². The molecule has 2 unspecified atom stereocenters. The van der Waals surface area contributed by atoms with Crippen LogP contribution in [0.2, 0.25) is 0 Å². The van der Waals surface area contributed by atoms with Crippen LogP contribution in [0.3, 0.4) is 0 Å². The Hall–Kier alpha value is -3.77. The first-order valence-corrected chi connectivity index (χ1v) is 10.6. The molecule has 2 N–H and O–H groups in total. The number of nitrogens with zero attached hydrogens (tertiary/aromatic N) is 2. The van der Waals surface area contributed by atoms with Crippen LogP contribution in [-0.4, -0.2) is 47.2 Å². The van der Waals surface area contributed by atoms with E-state index in [1.807, 2.05) is 0 Å². The summed E-state index contributed by atoms with van der Waals surface area (Å²) in [4.78, 5) is 24.3. The number of hydrazone groups is 1. The molecule has 2 aromatic rings. The van der Waals surface area contributed by atoms with Gasteiger partial charge in [-0.1, -0.05) is 12.1 Å². The molecule has 0 spiro atoms. The molecule has 1 fully saturated rings. The number of halogens is 6. The topological polar surface area (TPSA) is 91.2 Å². The number of benzene rings is 2. The SMILES string of the molecule is CN1N=C(C(F)(F)F)C(C(=O)NC2(c3ccc(C(=O)O)cc3)CC2)C1Oc1ccc(C(F)(F)F)cc1. The zero-order valence-electron chi connectivity index (χ0n) is 18.5. The average molecular weight is 515 g/mol. The van der Waals surface area contributed by atoms with Gasteiger partial charge in [-0.25, -0.2) is 4.79 Å². The second-order valence-electron chi connectivity index (χ2n) is 8.52. The van der Waals surface area contributed by atoms with Gasteiger partial charge in [-0.15, -0.1) is 0 Å². The van der Waals surface area contributed by atoms with E-state index in [0.29, 0.717) is 30.5 Å². The molecule has 1 saturated carbocycles. The van der Waals surface area contributed by atoms with Crippen LogP contribution in [0.5, 0.6) is 5.75 Å². The Balaban J connectivity index is 1.58. The summed E-state index contributed by atoms with van der Waals surface area (Å²) in [6, 6.07) is 8.93. The molecule has 0 saturated heterocycles. The number of hydrogen-bond acceptors (Lipinski definition) is 5. The largest absolute Gasteiger partial charge is 0.478 e. The number of carboxylic acid groups (broad SMARTS) is 1. The molecule has 2 aliphatic rings. The second-order valence-corrected chi connectivity index (χ2v) is 8.52. The van der Waals surface area contributed by atoms with Crippen LogP contribution in [0.25, 0.3) is 0 Å². The van der Waals surface area contributed by atoms with Gasteiger partial charge in [0.1, 0.15) is 11.7 Å². The lowest BCUT2D eigenvalue weighted by molar-refractivity contribution is -0.137. The molecule has 1 aliphatic carbocycles. The third-order valence-corrected chi connectivity index (χ3v) is 6.02. The van der Waals surface area contributed by atoms with E-state index in [-0.39, 0.29) is 11.3 Å². The maximum atomic E-state index is 13.8. The molecule has 36 heavy (non-hydrogen) atoms. The molecule has 2 atom stereocenters. The molecule has 0 bridgehead atoms. The number of nitrogens with one attached hydrogen (secondary N) is 1. The molecular formula is C23H19F6N3O4. The van der Waals surface area contributed by atoms with E-state index in [1.54, 1.807) is 0 Å². The minimum atomic E-state index is -4.98. The fourth-order valence-electron chi connectivity index (χ4n) is 3.99. The van der Waals surface area contributed by atoms with Crippen LogP contribution in [0, 0.1) is 5.92 Å². The van der Waals surface area contributed by atoms with Gasteiger partial charge >= 0.3 is 18.3 Å². The third kappa shape index (κ3) is 4.95. The molecule has 13 heteroatoms. The molecule has 1 heterocycles. The van der Waals surface area contributed by atoms with Gasteiger partial charge in [-0.3, -0.25) is 9.80 Å². The Labute approximate surface area is 200 Å². The normalized spacial score (nSPS) is 21.1. The summed E-state index contributed by atoms with van der Waals surface area (Å²) in [6.45, 7) is 0. The summed E-state index contributed by atoms with van der Waals surface area (Å²) in [5.74, 6) is -4.31. The molecule has 1 aliphatic heterocycles. The van der Waals surface area contributed by atoms with Crippen LogP contribution >= 0.6 is 0 Å². The Kier molecular flexibility index (Phi) is 6.13. The van der Waals surface area contributed by atoms with Crippen LogP contribution in [0.1, 0.15) is 34.3 Å². The number of ether oxygens (including phenoxy) is 1. The number of hydrogen-bond donors (Lipinski definition) is 2. The van der Waals surface area contributed by atoms with E-state index < -0.39 is 53.2 Å². The molecular weight excluding hydrogens is 496 g/mol. The number of carboxylic acids is 1. The average Bonchev–Trinajstić information content (AvgIpc) is 3.49. The van der Waals surface area contributed by atoms with Gasteiger partial charge in [-0.05, 0) is 54.8 Å². The highest BCUT2D eigenvalue weighted by Gasteiger charge is 2.56. The van der Waals surface area contributed by atoms with Crippen molar-refractivity contribution in [2.75, 3.05) is 7.05 Å². The first-order valence-electron chi connectivity index (χ1n) is 10.6. The van der Waals surface area contributed by atoms with E-state index in [4.69, 9.17) is 9.84 Å². The van der Waals surface area contributed by atoms with Crippen molar-refractivity contribution in [2.45, 2.75) is 37.0 Å². The van der Waals surface area contributed by atoms with Crippen molar-refractivity contribution in [3.8, 4) is 5.75 Å². The quantitative estimate of drug-likeness (QED) is 0.557. The Morgan fingerprint density at radius 2 is 1.58 bits per heavy atom. The van der Waals surface area contributed by atoms with Crippen molar-refractivity contribution < 1.29 is 45.8 Å². The summed E-state index contributed by atoms with van der Waals surface area (Å²) in [7, 11) is 1.16. The molecule has 2 aromatic carbocycles. The lowest BCUT2D eigenvalue weighted by Crippen LogP contribution is -2.50. The van der Waals surface area contributed by atoms with E-state index >= 15 is 0 Å². The molecule has 0 aromatic heterocycles. The van der Waals surface area contributed by atoms with Crippen LogP contribution in [-0.2, 0) is 16.5 Å². The monoisotopic (exact) mass is 515 g/mol. The molecule has 1 amide bonds. The minimum absolute atomic E-state index is 0.00907. The first kappa shape index (κ1) is 25.3. The number of amides is 1. The summed E-state index contributed by atoms with van der Waals surface area (Å²) >= 11 is 0. The molecule has 4 rings (SSSR count). The van der Waals surface area contributed by atoms with Gasteiger partial charge in [0.15, 0.2) is 5.71 Å². The Morgan fingerprint density at radius 3 is 2.06 bits per heavy atom. The summed E-state index contributed by atoms with van der Waals surface area (Å²) < 4.78 is 85.3. The van der Waals surface area contributed by atoms with E-state index in [1.165, 1.54) is 24.3 Å². The van der Waals surface area contributed by atoms with Crippen LogP contribution < -0.4 is 10.1 Å². The van der Waals surface area contributed by atoms with Crippen molar-refractivity contribution >= 4 is 17.6 Å². The maximum absolute atomic E-state index is 13.8. The number of aromatic carboxylic acids is 1. The van der Waals surface area contributed by atoms with E-state index in [2.05, 4.69) is 10.4 Å². The zero-order valence-corrected chi connectivity index (χ0v) is 18.5. The Morgan fingerprint density at radius 1 is 1.00 bits per heavy atom. The standard InChI is InChI=1S/C23H19F6N3O4/c1-32-19(36-15-8-6-14(7-9-15)22(24,25)26)16(17(31-32)23(27,28)29)18(33)30-21(10-11-21)13-4-2-12(3-5-13)20(34)35/h2-9,16,19H,10-11H2,1H3,(H,30,33)(H,34,35).